The van der Waals surface area contributed by atoms with E-state index in [1.54, 1.807) is 12.2 Å². The number of carbonyl (C=O) groups excluding carboxylic acids is 2. The fraction of sp³-hybridized carbons (Fsp3) is 0.393. The van der Waals surface area contributed by atoms with E-state index in [0.717, 1.165) is 0 Å². The third-order valence-electron chi connectivity index (χ3n) is 6.79. The smallest absolute Gasteiger partial charge is 0.196 e. The minimum absolute atomic E-state index is 0.0274. The number of amidine groups is 1. The van der Waals surface area contributed by atoms with Crippen molar-refractivity contribution < 1.29 is 9.59 Å². The van der Waals surface area contributed by atoms with Gasteiger partial charge < -0.3 is 5.32 Å². The summed E-state index contributed by atoms with van der Waals surface area (Å²) < 4.78 is 0. The van der Waals surface area contributed by atoms with Crippen molar-refractivity contribution in [1.29, 1.82) is 10.5 Å². The van der Waals surface area contributed by atoms with Crippen LogP contribution in [0, 0.1) is 56.7 Å². The van der Waals surface area contributed by atoms with Gasteiger partial charge in [-0.05, 0) is 48.6 Å². The van der Waals surface area contributed by atoms with Crippen LogP contribution >= 0.6 is 0 Å². The van der Waals surface area contributed by atoms with Crippen molar-refractivity contribution in [3.05, 3.63) is 60.5 Å². The average molecular weight is 455 g/mol. The number of hydrogen-bond donors (Lipinski definition) is 1. The number of hydrogen-bond acceptors (Lipinski definition) is 5. The summed E-state index contributed by atoms with van der Waals surface area (Å²) in [6.45, 7) is 16.9. The molecule has 0 heterocycles. The molecule has 34 heavy (non-hydrogen) atoms. The predicted molar refractivity (Wildman–Crippen MR) is 133 cm³/mol. The van der Waals surface area contributed by atoms with E-state index < -0.39 is 22.0 Å². The lowest BCUT2D eigenvalue weighted by Crippen LogP contribution is -2.53. The zero-order valence-corrected chi connectivity index (χ0v) is 20.5. The normalized spacial score (nSPS) is 28.9. The number of rotatable bonds is 2. The van der Waals surface area contributed by atoms with Gasteiger partial charge in [0.1, 0.15) is 12.1 Å². The van der Waals surface area contributed by atoms with Crippen molar-refractivity contribution >= 4 is 17.4 Å². The molecule has 3 unspecified atom stereocenters. The van der Waals surface area contributed by atoms with Gasteiger partial charge in [0.05, 0.1) is 16.6 Å². The zero-order chi connectivity index (χ0) is 25.7. The quantitative estimate of drug-likeness (QED) is 0.369. The summed E-state index contributed by atoms with van der Waals surface area (Å²) in [7, 11) is 0. The average Bonchev–Trinajstić information content (AvgIpc) is 2.82. The highest BCUT2D eigenvalue weighted by Crippen LogP contribution is 2.63. The molecule has 1 saturated carbocycles. The Morgan fingerprint density at radius 3 is 2.35 bits per heavy atom. The number of fused-ring (bicyclic) bond motifs is 3. The lowest BCUT2D eigenvalue weighted by Gasteiger charge is -2.56. The molecule has 0 radical (unpaired) electrons. The summed E-state index contributed by atoms with van der Waals surface area (Å²) in [5.74, 6) is 5.85. The summed E-state index contributed by atoms with van der Waals surface area (Å²) in [4.78, 5) is 29.8. The molecule has 174 valence electrons. The van der Waals surface area contributed by atoms with Gasteiger partial charge >= 0.3 is 0 Å². The molecule has 1 N–H and O–H groups in total. The van der Waals surface area contributed by atoms with Gasteiger partial charge in [-0.1, -0.05) is 59.8 Å². The van der Waals surface area contributed by atoms with Gasteiger partial charge in [-0.3, -0.25) is 9.59 Å². The second-order valence-electron chi connectivity index (χ2n) is 8.92. The number of nitrogens with zero attached hydrogens (tertiary/aromatic N) is 3. The summed E-state index contributed by atoms with van der Waals surface area (Å²) in [5, 5.41) is 22.0. The number of aliphatic imine (C=N–C) groups is 1. The Hall–Kier alpha value is -3.95. The SMILES string of the molecule is C=CN=C(C#CC12C=C(C#N)C(=O)C=C1C1(C)C=C(C#N)C(=O)C(C)(C)C1CC2)NC=C.CC. The Morgan fingerprint density at radius 1 is 1.15 bits per heavy atom. The minimum Gasteiger partial charge on any atom is -0.340 e. The van der Waals surface area contributed by atoms with Gasteiger partial charge in [-0.15, -0.1) is 0 Å². The van der Waals surface area contributed by atoms with Gasteiger partial charge in [0.15, 0.2) is 17.4 Å². The number of carbonyl (C=O) groups is 2. The molecule has 3 atom stereocenters. The third kappa shape index (κ3) is 4.18. The maximum absolute atomic E-state index is 12.9. The van der Waals surface area contributed by atoms with Crippen LogP contribution in [-0.4, -0.2) is 17.4 Å². The van der Waals surface area contributed by atoms with Gasteiger partial charge in [-0.25, -0.2) is 4.99 Å². The summed E-state index contributed by atoms with van der Waals surface area (Å²) >= 11 is 0. The zero-order valence-electron chi connectivity index (χ0n) is 20.5. The first-order chi connectivity index (χ1) is 16.1. The number of Topliss-reactive ketones (excluding diaryl/α,β-unsaturated/α-hetero) is 1. The van der Waals surface area contributed by atoms with E-state index in [0.29, 0.717) is 24.3 Å². The van der Waals surface area contributed by atoms with Crippen molar-refractivity contribution in [2.45, 2.75) is 47.5 Å². The first kappa shape index (κ1) is 26.3. The molecular weight excluding hydrogens is 424 g/mol. The van der Waals surface area contributed by atoms with Crippen molar-refractivity contribution in [3.63, 3.8) is 0 Å². The van der Waals surface area contributed by atoms with Gasteiger partial charge in [0.2, 0.25) is 0 Å². The number of nitrogens with one attached hydrogen (secondary N) is 1. The largest absolute Gasteiger partial charge is 0.340 e. The van der Waals surface area contributed by atoms with Crippen LogP contribution in [0.1, 0.15) is 47.5 Å². The first-order valence-corrected chi connectivity index (χ1v) is 11.3. The Morgan fingerprint density at radius 2 is 1.79 bits per heavy atom. The van der Waals surface area contributed by atoms with Gasteiger partial charge in [-0.2, -0.15) is 10.5 Å². The Labute approximate surface area is 202 Å². The highest BCUT2D eigenvalue weighted by atomic mass is 16.1. The van der Waals surface area contributed by atoms with Crippen molar-refractivity contribution in [2.75, 3.05) is 0 Å². The predicted octanol–water partition coefficient (Wildman–Crippen LogP) is 4.71. The molecule has 0 aromatic heterocycles. The monoisotopic (exact) mass is 454 g/mol. The van der Waals surface area contributed by atoms with E-state index in [1.807, 2.05) is 46.8 Å². The molecule has 6 nitrogen and oxygen atoms in total. The highest BCUT2D eigenvalue weighted by molar-refractivity contribution is 6.10. The molecule has 3 aliphatic rings. The van der Waals surface area contributed by atoms with Crippen molar-refractivity contribution in [2.24, 2.45) is 27.2 Å². The lowest BCUT2D eigenvalue weighted by atomic mass is 9.45. The van der Waals surface area contributed by atoms with E-state index in [9.17, 15) is 20.1 Å². The highest BCUT2D eigenvalue weighted by Gasteiger charge is 2.59. The molecule has 1 fully saturated rings. The second kappa shape index (κ2) is 9.90. The second-order valence-corrected chi connectivity index (χ2v) is 8.92. The number of allylic oxidation sites excluding steroid dienone is 6. The molecule has 3 rings (SSSR count). The molecular formula is C28H30N4O2. The maximum Gasteiger partial charge on any atom is 0.196 e. The Bertz CT molecular complexity index is 1200. The Kier molecular flexibility index (Phi) is 7.66. The Balaban J connectivity index is 0.00000199. The van der Waals surface area contributed by atoms with Crippen molar-refractivity contribution in [1.82, 2.24) is 5.32 Å². The first-order valence-electron chi connectivity index (χ1n) is 11.3. The van der Waals surface area contributed by atoms with E-state index in [4.69, 9.17) is 0 Å². The van der Waals surface area contributed by atoms with Crippen LogP contribution in [0.2, 0.25) is 0 Å². The topological polar surface area (TPSA) is 106 Å². The van der Waals surface area contributed by atoms with Crippen LogP contribution in [0.4, 0.5) is 0 Å². The summed E-state index contributed by atoms with van der Waals surface area (Å²) in [6, 6.07) is 4.01. The van der Waals surface area contributed by atoms with E-state index in [2.05, 4.69) is 35.3 Å². The molecule has 0 aromatic rings. The van der Waals surface area contributed by atoms with E-state index >= 15 is 0 Å². The van der Waals surface area contributed by atoms with E-state index in [1.165, 1.54) is 18.5 Å². The van der Waals surface area contributed by atoms with Crippen LogP contribution in [-0.2, 0) is 9.59 Å². The molecule has 0 aliphatic heterocycles. The molecule has 0 bridgehead atoms. The summed E-state index contributed by atoms with van der Waals surface area (Å²) in [5.41, 5.74) is -1.64. The molecule has 0 saturated heterocycles. The minimum atomic E-state index is -0.914. The van der Waals surface area contributed by atoms with Gasteiger partial charge in [0.25, 0.3) is 0 Å². The van der Waals surface area contributed by atoms with E-state index in [-0.39, 0.29) is 22.8 Å². The van der Waals surface area contributed by atoms with Crippen LogP contribution in [0.15, 0.2) is 65.5 Å². The lowest BCUT2D eigenvalue weighted by molar-refractivity contribution is -0.130. The fourth-order valence-corrected chi connectivity index (χ4v) is 5.40. The molecule has 0 spiro atoms. The fourth-order valence-electron chi connectivity index (χ4n) is 5.40. The standard InChI is InChI=1S/C26H24N4O2.C2H6/c1-6-29-22(30-7-2)9-11-26-10-8-20-24(3,4)23(32)18(16-28)13-25(20,5)21(26)12-19(31)17(14-26)15-27;1-2/h6-7,12-14,20H,1-2,8,10H2,3-5H3,(H,29,30);1-2H3. The number of ketones is 2. The van der Waals surface area contributed by atoms with Crippen LogP contribution in [0.3, 0.4) is 0 Å². The van der Waals surface area contributed by atoms with Crippen molar-refractivity contribution in [3.8, 4) is 24.0 Å². The summed E-state index contributed by atoms with van der Waals surface area (Å²) in [6.07, 6.45) is 8.73. The number of nitriles is 2. The van der Waals surface area contributed by atoms with Crippen LogP contribution in [0.5, 0.6) is 0 Å². The maximum atomic E-state index is 12.9. The molecule has 0 aromatic carbocycles. The third-order valence-corrected chi connectivity index (χ3v) is 6.79. The molecule has 0 amide bonds. The van der Waals surface area contributed by atoms with Crippen LogP contribution in [0.25, 0.3) is 0 Å². The molecule has 6 heteroatoms. The van der Waals surface area contributed by atoms with Gasteiger partial charge in [0, 0.05) is 17.0 Å². The van der Waals surface area contributed by atoms with Crippen LogP contribution < -0.4 is 5.32 Å². The molecule has 3 aliphatic carbocycles.